The van der Waals surface area contributed by atoms with Crippen LogP contribution in [0.25, 0.3) is 5.78 Å². The maximum absolute atomic E-state index is 12.4. The molecule has 0 spiro atoms. The molecule has 0 N–H and O–H groups in total. The molecule has 0 radical (unpaired) electrons. The molecule has 28 heavy (non-hydrogen) atoms. The lowest BCUT2D eigenvalue weighted by molar-refractivity contribution is -0.144. The van der Waals surface area contributed by atoms with Crippen LogP contribution in [0.2, 0.25) is 0 Å². The van der Waals surface area contributed by atoms with Gasteiger partial charge in [0.25, 0.3) is 5.78 Å². The third kappa shape index (κ3) is 4.00. The van der Waals surface area contributed by atoms with Gasteiger partial charge in [0, 0.05) is 28.1 Å². The van der Waals surface area contributed by atoms with Crippen LogP contribution < -0.4 is 4.74 Å². The molecule has 3 rings (SSSR count). The molecule has 2 heterocycles. The molecule has 8 heteroatoms. The van der Waals surface area contributed by atoms with Gasteiger partial charge in [-0.2, -0.15) is 10.1 Å². The molecule has 146 valence electrons. The molecule has 0 aliphatic heterocycles. The minimum absolute atomic E-state index is 0.0202. The number of hydrogen-bond donors (Lipinski definition) is 0. The Morgan fingerprint density at radius 1 is 1.21 bits per heavy atom. The van der Waals surface area contributed by atoms with Gasteiger partial charge in [0.15, 0.2) is 5.78 Å². The summed E-state index contributed by atoms with van der Waals surface area (Å²) in [7, 11) is 0. The predicted octanol–water partition coefficient (Wildman–Crippen LogP) is 2.63. The van der Waals surface area contributed by atoms with E-state index in [2.05, 4.69) is 15.1 Å². The van der Waals surface area contributed by atoms with Crippen LogP contribution in [0, 0.1) is 13.8 Å². The lowest BCUT2D eigenvalue weighted by atomic mass is 10.1. The molecule has 0 saturated heterocycles. The Morgan fingerprint density at radius 3 is 2.71 bits per heavy atom. The van der Waals surface area contributed by atoms with Crippen molar-refractivity contribution in [2.24, 2.45) is 0 Å². The van der Waals surface area contributed by atoms with Crippen LogP contribution in [0.4, 0.5) is 0 Å². The van der Waals surface area contributed by atoms with Gasteiger partial charge in [0.2, 0.25) is 0 Å². The third-order valence-electron chi connectivity index (χ3n) is 4.47. The lowest BCUT2D eigenvalue weighted by Crippen LogP contribution is -2.14. The standard InChI is InChI=1S/C20H22N4O4/c1-5-27-18-7-6-15(14(4)25)8-16(18)10-28-19(26)9-17-12(2)23-20-21-11-22-24(20)13(17)3/h6-8,11H,5,9-10H2,1-4H3. The van der Waals surface area contributed by atoms with Crippen molar-refractivity contribution in [2.45, 2.75) is 40.7 Å². The Labute approximate surface area is 162 Å². The highest BCUT2D eigenvalue weighted by Crippen LogP contribution is 2.22. The molecule has 0 atom stereocenters. The first kappa shape index (κ1) is 19.5. The van der Waals surface area contributed by atoms with Crippen molar-refractivity contribution in [3.8, 4) is 5.75 Å². The van der Waals surface area contributed by atoms with Crippen LogP contribution in [-0.4, -0.2) is 37.9 Å². The second kappa shape index (κ2) is 8.16. The zero-order chi connectivity index (χ0) is 20.3. The first-order valence-electron chi connectivity index (χ1n) is 8.98. The summed E-state index contributed by atoms with van der Waals surface area (Å²) in [5, 5.41) is 4.12. The highest BCUT2D eigenvalue weighted by molar-refractivity contribution is 5.94. The largest absolute Gasteiger partial charge is 0.493 e. The highest BCUT2D eigenvalue weighted by atomic mass is 16.5. The van der Waals surface area contributed by atoms with Crippen molar-refractivity contribution in [3.05, 3.63) is 52.6 Å². The quantitative estimate of drug-likeness (QED) is 0.458. The monoisotopic (exact) mass is 382 g/mol. The summed E-state index contributed by atoms with van der Waals surface area (Å²) in [4.78, 5) is 32.5. The molecule has 0 bridgehead atoms. The molecule has 0 amide bonds. The number of nitrogens with zero attached hydrogens (tertiary/aromatic N) is 4. The number of ether oxygens (including phenoxy) is 2. The summed E-state index contributed by atoms with van der Waals surface area (Å²) in [6.07, 6.45) is 1.49. The van der Waals surface area contributed by atoms with Gasteiger partial charge in [-0.3, -0.25) is 9.59 Å². The number of fused-ring (bicyclic) bond motifs is 1. The van der Waals surface area contributed by atoms with E-state index in [-0.39, 0.29) is 18.8 Å². The van der Waals surface area contributed by atoms with E-state index >= 15 is 0 Å². The molecule has 1 aromatic carbocycles. The van der Waals surface area contributed by atoms with Crippen molar-refractivity contribution >= 4 is 17.5 Å². The van der Waals surface area contributed by atoms with E-state index in [4.69, 9.17) is 9.47 Å². The number of esters is 1. The van der Waals surface area contributed by atoms with Crippen LogP contribution in [0.15, 0.2) is 24.5 Å². The Bertz CT molecular complexity index is 1040. The van der Waals surface area contributed by atoms with Gasteiger partial charge in [0.1, 0.15) is 18.7 Å². The van der Waals surface area contributed by atoms with Crippen molar-refractivity contribution in [3.63, 3.8) is 0 Å². The molecule has 0 fully saturated rings. The molecule has 8 nitrogen and oxygen atoms in total. The maximum atomic E-state index is 12.4. The fraction of sp³-hybridized carbons (Fsp3) is 0.350. The second-order valence-electron chi connectivity index (χ2n) is 6.38. The van der Waals surface area contributed by atoms with Crippen molar-refractivity contribution < 1.29 is 19.1 Å². The summed E-state index contributed by atoms with van der Waals surface area (Å²) in [6, 6.07) is 5.12. The van der Waals surface area contributed by atoms with E-state index < -0.39 is 5.97 Å². The second-order valence-corrected chi connectivity index (χ2v) is 6.38. The molecular formula is C20H22N4O4. The van der Waals surface area contributed by atoms with Gasteiger partial charge in [-0.1, -0.05) is 0 Å². The first-order chi connectivity index (χ1) is 13.4. The van der Waals surface area contributed by atoms with Crippen LogP contribution in [0.3, 0.4) is 0 Å². The van der Waals surface area contributed by atoms with E-state index in [0.717, 1.165) is 11.3 Å². The van der Waals surface area contributed by atoms with Crippen LogP contribution in [0.5, 0.6) is 5.75 Å². The summed E-state index contributed by atoms with van der Waals surface area (Å²) in [5.74, 6) is 0.630. The van der Waals surface area contributed by atoms with E-state index in [1.165, 1.54) is 13.3 Å². The van der Waals surface area contributed by atoms with Crippen molar-refractivity contribution in [1.29, 1.82) is 0 Å². The average molecular weight is 382 g/mol. The molecule has 0 saturated carbocycles. The Hall–Kier alpha value is -3.29. The van der Waals surface area contributed by atoms with E-state index in [9.17, 15) is 9.59 Å². The topological polar surface area (TPSA) is 95.7 Å². The lowest BCUT2D eigenvalue weighted by Gasteiger charge is -2.13. The third-order valence-corrected chi connectivity index (χ3v) is 4.47. The van der Waals surface area contributed by atoms with E-state index in [1.54, 1.807) is 22.7 Å². The van der Waals surface area contributed by atoms with Gasteiger partial charge in [-0.25, -0.2) is 9.50 Å². The van der Waals surface area contributed by atoms with Gasteiger partial charge in [0.05, 0.1) is 13.0 Å². The molecule has 0 aliphatic carbocycles. The van der Waals surface area contributed by atoms with Crippen LogP contribution in [0.1, 0.15) is 46.7 Å². The minimum atomic E-state index is -0.400. The molecule has 0 aliphatic rings. The van der Waals surface area contributed by atoms with Crippen LogP contribution >= 0.6 is 0 Å². The Balaban J connectivity index is 1.76. The molecule has 0 unspecified atom stereocenters. The summed E-state index contributed by atoms with van der Waals surface area (Å²) >= 11 is 0. The normalized spacial score (nSPS) is 10.9. The number of aryl methyl sites for hydroxylation is 2. The number of ketones is 1. The van der Waals surface area contributed by atoms with E-state index in [0.29, 0.717) is 35.0 Å². The number of carbonyl (C=O) groups excluding carboxylic acids is 2. The number of aromatic nitrogens is 4. The molecule has 2 aromatic heterocycles. The smallest absolute Gasteiger partial charge is 0.310 e. The van der Waals surface area contributed by atoms with Gasteiger partial charge >= 0.3 is 5.97 Å². The fourth-order valence-corrected chi connectivity index (χ4v) is 2.97. The van der Waals surface area contributed by atoms with Gasteiger partial charge < -0.3 is 9.47 Å². The highest BCUT2D eigenvalue weighted by Gasteiger charge is 2.16. The molecule has 3 aromatic rings. The predicted molar refractivity (Wildman–Crippen MR) is 101 cm³/mol. The minimum Gasteiger partial charge on any atom is -0.493 e. The molecular weight excluding hydrogens is 360 g/mol. The summed E-state index contributed by atoms with van der Waals surface area (Å²) in [5.41, 5.74) is 3.46. The Kier molecular flexibility index (Phi) is 5.67. The SMILES string of the molecule is CCOc1ccc(C(C)=O)cc1COC(=O)Cc1c(C)nc2ncnn2c1C. The van der Waals surface area contributed by atoms with E-state index in [1.807, 2.05) is 20.8 Å². The number of hydrogen-bond acceptors (Lipinski definition) is 7. The number of carbonyl (C=O) groups is 2. The zero-order valence-corrected chi connectivity index (χ0v) is 16.4. The summed E-state index contributed by atoms with van der Waals surface area (Å²) in [6.45, 7) is 7.54. The first-order valence-corrected chi connectivity index (χ1v) is 8.98. The van der Waals surface area contributed by atoms with Gasteiger partial charge in [-0.05, 0) is 45.9 Å². The Morgan fingerprint density at radius 2 is 2.00 bits per heavy atom. The van der Waals surface area contributed by atoms with Crippen molar-refractivity contribution in [1.82, 2.24) is 19.6 Å². The van der Waals surface area contributed by atoms with Crippen molar-refractivity contribution in [2.75, 3.05) is 6.61 Å². The fourth-order valence-electron chi connectivity index (χ4n) is 2.97. The van der Waals surface area contributed by atoms with Gasteiger partial charge in [-0.15, -0.1) is 0 Å². The summed E-state index contributed by atoms with van der Waals surface area (Å²) < 4.78 is 12.6. The van der Waals surface area contributed by atoms with Crippen LogP contribution in [-0.2, 0) is 22.6 Å². The number of Topliss-reactive ketones (excluding diaryl/α,β-unsaturated/α-hetero) is 1. The number of rotatable bonds is 7. The maximum Gasteiger partial charge on any atom is 0.310 e. The number of benzene rings is 1. The zero-order valence-electron chi connectivity index (χ0n) is 16.4. The average Bonchev–Trinajstić information content (AvgIpc) is 3.12.